The largest absolute Gasteiger partial charge is 0.494 e. The molecule has 0 aliphatic heterocycles. The molecule has 1 rings (SSSR count). The first kappa shape index (κ1) is 15.2. The first-order chi connectivity index (χ1) is 8.37. The predicted molar refractivity (Wildman–Crippen MR) is 83.2 cm³/mol. The van der Waals surface area contributed by atoms with Gasteiger partial charge in [0.25, 0.3) is 0 Å². The van der Waals surface area contributed by atoms with E-state index in [4.69, 9.17) is 21.7 Å². The number of ether oxygens (including phenoxy) is 2. The smallest absolute Gasteiger partial charge is 0.157 e. The van der Waals surface area contributed by atoms with Crippen molar-refractivity contribution >= 4 is 25.3 Å². The maximum Gasteiger partial charge on any atom is 0.157 e. The fraction of sp³-hybridized carbons (Fsp3) is 0.500. The van der Waals surface area contributed by atoms with E-state index in [0.29, 0.717) is 11.7 Å². The Kier molecular flexibility index (Phi) is 5.82. The van der Waals surface area contributed by atoms with Crippen LogP contribution in [0.25, 0.3) is 0 Å². The average molecular weight is 282 g/mol. The zero-order valence-corrected chi connectivity index (χ0v) is 13.5. The minimum Gasteiger partial charge on any atom is -0.494 e. The summed E-state index contributed by atoms with van der Waals surface area (Å²) in [5.74, 6) is 0.927. The summed E-state index contributed by atoms with van der Waals surface area (Å²) < 4.78 is 11.0. The molecule has 0 unspecified atom stereocenters. The van der Waals surface area contributed by atoms with Crippen LogP contribution in [0, 0.1) is 0 Å². The molecule has 0 saturated heterocycles. The molecule has 2 nitrogen and oxygen atoms in total. The second kappa shape index (κ2) is 6.90. The molecule has 4 heteroatoms. The molecule has 0 heterocycles. The van der Waals surface area contributed by atoms with E-state index in [9.17, 15) is 0 Å². The highest BCUT2D eigenvalue weighted by Gasteiger charge is 2.12. The van der Waals surface area contributed by atoms with Crippen molar-refractivity contribution in [1.82, 2.24) is 0 Å². The molecule has 0 radical (unpaired) electrons. The molecule has 100 valence electrons. The van der Waals surface area contributed by atoms with Gasteiger partial charge in [-0.05, 0) is 36.0 Å². The van der Waals surface area contributed by atoms with Gasteiger partial charge in [0, 0.05) is 15.0 Å². The number of thiocarbonyl (C=S) groups is 1. The SMILES string of the molecule is CC(=S)OCc1ccc(OCC[Si](C)(C)C)cc1. The molecule has 0 saturated carbocycles. The molecule has 0 N–H and O–H groups in total. The monoisotopic (exact) mass is 282 g/mol. The molecule has 0 atom stereocenters. The van der Waals surface area contributed by atoms with Gasteiger partial charge in [0.2, 0.25) is 0 Å². The normalized spacial score (nSPS) is 11.1. The van der Waals surface area contributed by atoms with Crippen LogP contribution in [0.2, 0.25) is 25.7 Å². The van der Waals surface area contributed by atoms with Crippen molar-refractivity contribution in [3.05, 3.63) is 29.8 Å². The van der Waals surface area contributed by atoms with Crippen LogP contribution in [0.1, 0.15) is 12.5 Å². The van der Waals surface area contributed by atoms with Crippen LogP contribution in [-0.4, -0.2) is 19.7 Å². The maximum atomic E-state index is 5.73. The Balaban J connectivity index is 2.38. The summed E-state index contributed by atoms with van der Waals surface area (Å²) in [4.78, 5) is 0. The lowest BCUT2D eigenvalue weighted by atomic mass is 10.2. The number of benzene rings is 1. The van der Waals surface area contributed by atoms with Crippen LogP contribution in [0.3, 0.4) is 0 Å². The molecule has 0 aromatic heterocycles. The molecule has 0 amide bonds. The third-order valence-corrected chi connectivity index (χ3v) is 4.31. The lowest BCUT2D eigenvalue weighted by Gasteiger charge is -2.16. The summed E-state index contributed by atoms with van der Waals surface area (Å²) in [6.45, 7) is 10.2. The molecule has 0 fully saturated rings. The lowest BCUT2D eigenvalue weighted by molar-refractivity contribution is 0.298. The van der Waals surface area contributed by atoms with E-state index in [-0.39, 0.29) is 0 Å². The fourth-order valence-corrected chi connectivity index (χ4v) is 2.12. The van der Waals surface area contributed by atoms with E-state index in [1.165, 1.54) is 6.04 Å². The van der Waals surface area contributed by atoms with E-state index in [0.717, 1.165) is 17.9 Å². The van der Waals surface area contributed by atoms with Crippen LogP contribution in [-0.2, 0) is 11.3 Å². The van der Waals surface area contributed by atoms with E-state index < -0.39 is 8.07 Å². The molecule has 18 heavy (non-hydrogen) atoms. The van der Waals surface area contributed by atoms with Crippen molar-refractivity contribution in [3.63, 3.8) is 0 Å². The zero-order valence-electron chi connectivity index (χ0n) is 11.7. The Bertz CT molecular complexity index is 382. The van der Waals surface area contributed by atoms with Gasteiger partial charge in [-0.3, -0.25) is 0 Å². The maximum absolute atomic E-state index is 5.73. The number of hydrogen-bond donors (Lipinski definition) is 0. The topological polar surface area (TPSA) is 18.5 Å². The van der Waals surface area contributed by atoms with Crippen molar-refractivity contribution < 1.29 is 9.47 Å². The first-order valence-corrected chi connectivity index (χ1v) is 10.3. The summed E-state index contributed by atoms with van der Waals surface area (Å²) in [6.07, 6.45) is 0. The standard InChI is InChI=1S/C14H22O2SSi/c1-12(17)16-11-13-5-7-14(8-6-13)15-9-10-18(2,3)4/h5-8H,9-11H2,1-4H3. The van der Waals surface area contributed by atoms with Crippen molar-refractivity contribution in [1.29, 1.82) is 0 Å². The summed E-state index contributed by atoms with van der Waals surface area (Å²) >= 11 is 4.87. The first-order valence-electron chi connectivity index (χ1n) is 6.22. The Labute approximate surface area is 116 Å². The minimum absolute atomic E-state index is 0.532. The van der Waals surface area contributed by atoms with Gasteiger partial charge in [0.1, 0.15) is 12.4 Å². The Morgan fingerprint density at radius 2 is 1.78 bits per heavy atom. The fourth-order valence-electron chi connectivity index (χ4n) is 1.34. The van der Waals surface area contributed by atoms with Crippen molar-refractivity contribution in [2.24, 2.45) is 0 Å². The molecule has 0 spiro atoms. The van der Waals surface area contributed by atoms with Crippen LogP contribution < -0.4 is 4.74 Å². The van der Waals surface area contributed by atoms with Crippen LogP contribution >= 0.6 is 12.2 Å². The second-order valence-corrected chi connectivity index (χ2v) is 11.8. The van der Waals surface area contributed by atoms with E-state index >= 15 is 0 Å². The van der Waals surface area contributed by atoms with Gasteiger partial charge in [0.05, 0.1) is 6.61 Å². The van der Waals surface area contributed by atoms with Gasteiger partial charge in [-0.2, -0.15) is 0 Å². The molecule has 0 aliphatic carbocycles. The number of rotatable bonds is 6. The van der Waals surface area contributed by atoms with Crippen molar-refractivity contribution in [3.8, 4) is 5.75 Å². The van der Waals surface area contributed by atoms with Crippen molar-refractivity contribution in [2.45, 2.75) is 39.2 Å². The Morgan fingerprint density at radius 1 is 1.17 bits per heavy atom. The quantitative estimate of drug-likeness (QED) is 0.573. The summed E-state index contributed by atoms with van der Waals surface area (Å²) in [5, 5.41) is 0.575. The third-order valence-electron chi connectivity index (χ3n) is 2.49. The van der Waals surface area contributed by atoms with Gasteiger partial charge in [-0.25, -0.2) is 0 Å². The summed E-state index contributed by atoms with van der Waals surface area (Å²) in [5.41, 5.74) is 1.11. The van der Waals surface area contributed by atoms with E-state index in [1.54, 1.807) is 6.92 Å². The van der Waals surface area contributed by atoms with Gasteiger partial charge < -0.3 is 9.47 Å². The highest BCUT2D eigenvalue weighted by Crippen LogP contribution is 2.15. The molecular weight excluding hydrogens is 260 g/mol. The molecule has 0 bridgehead atoms. The Hall–Kier alpha value is -0.873. The van der Waals surface area contributed by atoms with Gasteiger partial charge in [-0.1, -0.05) is 31.8 Å². The molecule has 1 aromatic carbocycles. The molecular formula is C14H22O2SSi. The molecule has 1 aromatic rings. The van der Waals surface area contributed by atoms with E-state index in [2.05, 4.69) is 19.6 Å². The van der Waals surface area contributed by atoms with Crippen LogP contribution in [0.15, 0.2) is 24.3 Å². The second-order valence-electron chi connectivity index (χ2n) is 5.58. The van der Waals surface area contributed by atoms with Crippen LogP contribution in [0.4, 0.5) is 0 Å². The summed E-state index contributed by atoms with van der Waals surface area (Å²) in [7, 11) is -1.01. The molecule has 0 aliphatic rings. The van der Waals surface area contributed by atoms with Gasteiger partial charge in [-0.15, -0.1) is 0 Å². The highest BCUT2D eigenvalue weighted by molar-refractivity contribution is 7.80. The van der Waals surface area contributed by atoms with Gasteiger partial charge in [0.15, 0.2) is 5.05 Å². The van der Waals surface area contributed by atoms with Crippen molar-refractivity contribution in [2.75, 3.05) is 6.61 Å². The third kappa shape index (κ3) is 6.76. The average Bonchev–Trinajstić information content (AvgIpc) is 2.26. The zero-order chi connectivity index (χ0) is 13.6. The number of hydrogen-bond acceptors (Lipinski definition) is 3. The van der Waals surface area contributed by atoms with E-state index in [1.807, 2.05) is 24.3 Å². The minimum atomic E-state index is -1.01. The van der Waals surface area contributed by atoms with Crippen LogP contribution in [0.5, 0.6) is 5.75 Å². The summed E-state index contributed by atoms with van der Waals surface area (Å²) in [6, 6.07) is 9.19. The highest BCUT2D eigenvalue weighted by atomic mass is 32.1. The van der Waals surface area contributed by atoms with Gasteiger partial charge >= 0.3 is 0 Å². The predicted octanol–water partition coefficient (Wildman–Crippen LogP) is 4.27. The Morgan fingerprint density at radius 3 is 2.28 bits per heavy atom. The lowest BCUT2D eigenvalue weighted by Crippen LogP contribution is -2.22.